The molecule has 0 unspecified atom stereocenters. The molecule has 0 saturated carbocycles. The van der Waals surface area contributed by atoms with Crippen LogP contribution in [0.25, 0.3) is 0 Å². The van der Waals surface area contributed by atoms with Crippen LogP contribution in [-0.2, 0) is 6.42 Å². The Balaban J connectivity index is 1.63. The first kappa shape index (κ1) is 12.8. The van der Waals surface area contributed by atoms with E-state index in [0.29, 0.717) is 0 Å². The predicted octanol–water partition coefficient (Wildman–Crippen LogP) is 2.88. The number of hydrogen-bond donors (Lipinski definition) is 0. The van der Waals surface area contributed by atoms with Gasteiger partial charge in [-0.1, -0.05) is 47.9 Å². The van der Waals surface area contributed by atoms with Gasteiger partial charge in [0.25, 0.3) is 0 Å². The molecule has 0 heterocycles. The van der Waals surface area contributed by atoms with Crippen molar-refractivity contribution >= 4 is 13.3 Å². The van der Waals surface area contributed by atoms with Crippen LogP contribution < -0.4 is 10.2 Å². The molecular weight excluding hydrogens is 219 g/mol. The lowest BCUT2D eigenvalue weighted by atomic mass is 9.97. The third kappa shape index (κ3) is 4.29. The third-order valence-electron chi connectivity index (χ3n) is 2.85. The molecule has 0 aliphatic carbocycles. The molecular formula is C16H17BO. The number of aryl methyl sites for hydroxylation is 1. The molecule has 0 saturated heterocycles. The first-order valence-corrected chi connectivity index (χ1v) is 6.37. The summed E-state index contributed by atoms with van der Waals surface area (Å²) in [5, 5.41) is 0. The summed E-state index contributed by atoms with van der Waals surface area (Å²) < 4.78 is 5.64. The average Bonchev–Trinajstić information content (AvgIpc) is 2.42. The molecule has 2 radical (unpaired) electrons. The fourth-order valence-corrected chi connectivity index (χ4v) is 1.83. The zero-order valence-electron chi connectivity index (χ0n) is 10.5. The second-order valence-electron chi connectivity index (χ2n) is 4.36. The number of ether oxygens (including phenoxy) is 1. The van der Waals surface area contributed by atoms with Crippen molar-refractivity contribution in [2.75, 3.05) is 6.61 Å². The van der Waals surface area contributed by atoms with Gasteiger partial charge in [0, 0.05) is 0 Å². The van der Waals surface area contributed by atoms with E-state index in [1.54, 1.807) is 0 Å². The molecule has 0 atom stereocenters. The summed E-state index contributed by atoms with van der Waals surface area (Å²) >= 11 is 0. The normalized spacial score (nSPS) is 10.2. The molecule has 18 heavy (non-hydrogen) atoms. The van der Waals surface area contributed by atoms with Crippen LogP contribution in [0, 0.1) is 0 Å². The van der Waals surface area contributed by atoms with Crippen LogP contribution in [-0.4, -0.2) is 14.5 Å². The Labute approximate surface area is 110 Å². The Morgan fingerprint density at radius 2 is 1.56 bits per heavy atom. The van der Waals surface area contributed by atoms with Gasteiger partial charge in [-0.05, 0) is 37.0 Å². The van der Waals surface area contributed by atoms with Crippen molar-refractivity contribution < 1.29 is 4.74 Å². The van der Waals surface area contributed by atoms with Gasteiger partial charge in [-0.15, -0.1) is 0 Å². The van der Waals surface area contributed by atoms with Crippen LogP contribution in [0.3, 0.4) is 0 Å². The van der Waals surface area contributed by atoms with E-state index in [-0.39, 0.29) is 0 Å². The van der Waals surface area contributed by atoms with Crippen LogP contribution >= 0.6 is 0 Å². The highest BCUT2D eigenvalue weighted by atomic mass is 16.5. The van der Waals surface area contributed by atoms with Gasteiger partial charge in [0.1, 0.15) is 13.6 Å². The monoisotopic (exact) mass is 236 g/mol. The van der Waals surface area contributed by atoms with Gasteiger partial charge >= 0.3 is 0 Å². The summed E-state index contributed by atoms with van der Waals surface area (Å²) in [5.41, 5.74) is 2.16. The second kappa shape index (κ2) is 6.90. The van der Waals surface area contributed by atoms with Gasteiger partial charge in [0.15, 0.2) is 0 Å². The smallest absolute Gasteiger partial charge is 0.119 e. The SMILES string of the molecule is [B]c1ccc(OCCCCc2ccccc2)cc1. The Bertz CT molecular complexity index is 450. The van der Waals surface area contributed by atoms with Gasteiger partial charge in [-0.3, -0.25) is 0 Å². The minimum Gasteiger partial charge on any atom is -0.494 e. The molecule has 2 aromatic rings. The first-order chi connectivity index (χ1) is 8.84. The summed E-state index contributed by atoms with van der Waals surface area (Å²) in [6.45, 7) is 0.761. The standard InChI is InChI=1S/C16H17BO/c17-15-9-11-16(12-10-15)18-13-5-4-8-14-6-2-1-3-7-14/h1-3,6-7,9-12H,4-5,8,13H2. The predicted molar refractivity (Wildman–Crippen MR) is 76.7 cm³/mol. The number of hydrogen-bond acceptors (Lipinski definition) is 1. The van der Waals surface area contributed by atoms with Gasteiger partial charge in [-0.2, -0.15) is 0 Å². The number of unbranched alkanes of at least 4 members (excludes halogenated alkanes) is 1. The van der Waals surface area contributed by atoms with Gasteiger partial charge < -0.3 is 4.74 Å². The molecule has 1 nitrogen and oxygen atoms in total. The second-order valence-corrected chi connectivity index (χ2v) is 4.36. The number of benzene rings is 2. The highest BCUT2D eigenvalue weighted by Gasteiger charge is 1.95. The molecule has 0 bridgehead atoms. The Kier molecular flexibility index (Phi) is 4.89. The maximum atomic E-state index is 5.64. The topological polar surface area (TPSA) is 9.23 Å². The highest BCUT2D eigenvalue weighted by molar-refractivity contribution is 6.32. The molecule has 0 aliphatic rings. The molecule has 2 aromatic carbocycles. The van der Waals surface area contributed by atoms with E-state index < -0.39 is 0 Å². The van der Waals surface area contributed by atoms with Crippen LogP contribution in [0.2, 0.25) is 0 Å². The van der Waals surface area contributed by atoms with Crippen LogP contribution in [0.1, 0.15) is 18.4 Å². The van der Waals surface area contributed by atoms with Crippen LogP contribution in [0.5, 0.6) is 5.75 Å². The van der Waals surface area contributed by atoms with E-state index in [2.05, 4.69) is 24.3 Å². The van der Waals surface area contributed by atoms with E-state index in [4.69, 9.17) is 12.6 Å². The van der Waals surface area contributed by atoms with Gasteiger partial charge in [0.05, 0.1) is 6.61 Å². The third-order valence-corrected chi connectivity index (χ3v) is 2.85. The molecule has 0 aliphatic heterocycles. The quantitative estimate of drug-likeness (QED) is 0.553. The fraction of sp³-hybridized carbons (Fsp3) is 0.250. The largest absolute Gasteiger partial charge is 0.494 e. The summed E-state index contributed by atoms with van der Waals surface area (Å²) in [7, 11) is 5.61. The van der Waals surface area contributed by atoms with Gasteiger partial charge in [0.2, 0.25) is 0 Å². The zero-order valence-corrected chi connectivity index (χ0v) is 10.5. The minimum absolute atomic E-state index is 0.761. The molecule has 0 N–H and O–H groups in total. The lowest BCUT2D eigenvalue weighted by Gasteiger charge is -2.06. The lowest BCUT2D eigenvalue weighted by Crippen LogP contribution is -2.02. The molecule has 0 amide bonds. The van der Waals surface area contributed by atoms with Crippen molar-refractivity contribution in [1.82, 2.24) is 0 Å². The Hall–Kier alpha value is -1.70. The average molecular weight is 236 g/mol. The summed E-state index contributed by atoms with van der Waals surface area (Å²) in [4.78, 5) is 0. The van der Waals surface area contributed by atoms with E-state index in [0.717, 1.165) is 37.1 Å². The van der Waals surface area contributed by atoms with E-state index in [9.17, 15) is 0 Å². The van der Waals surface area contributed by atoms with E-state index in [1.165, 1.54) is 5.56 Å². The van der Waals surface area contributed by atoms with E-state index >= 15 is 0 Å². The lowest BCUT2D eigenvalue weighted by molar-refractivity contribution is 0.307. The van der Waals surface area contributed by atoms with Crippen molar-refractivity contribution in [3.8, 4) is 5.75 Å². The van der Waals surface area contributed by atoms with Crippen LogP contribution in [0.4, 0.5) is 0 Å². The van der Waals surface area contributed by atoms with Crippen LogP contribution in [0.15, 0.2) is 54.6 Å². The highest BCUT2D eigenvalue weighted by Crippen LogP contribution is 2.09. The fourth-order valence-electron chi connectivity index (χ4n) is 1.83. The maximum Gasteiger partial charge on any atom is 0.119 e. The summed E-state index contributed by atoms with van der Waals surface area (Å²) in [5.74, 6) is 0.893. The Morgan fingerprint density at radius 1 is 0.833 bits per heavy atom. The van der Waals surface area contributed by atoms with Crippen molar-refractivity contribution in [2.24, 2.45) is 0 Å². The van der Waals surface area contributed by atoms with Crippen molar-refractivity contribution in [3.63, 3.8) is 0 Å². The van der Waals surface area contributed by atoms with Crippen molar-refractivity contribution in [3.05, 3.63) is 60.2 Å². The number of rotatable bonds is 6. The molecule has 2 heteroatoms. The maximum absolute atomic E-state index is 5.64. The summed E-state index contributed by atoms with van der Waals surface area (Å²) in [6, 6.07) is 18.1. The zero-order chi connectivity index (χ0) is 12.6. The Morgan fingerprint density at radius 3 is 2.28 bits per heavy atom. The molecule has 90 valence electrons. The summed E-state index contributed by atoms with van der Waals surface area (Å²) in [6.07, 6.45) is 3.34. The molecule has 0 spiro atoms. The molecule has 2 rings (SSSR count). The van der Waals surface area contributed by atoms with Crippen molar-refractivity contribution in [1.29, 1.82) is 0 Å². The van der Waals surface area contributed by atoms with Crippen molar-refractivity contribution in [2.45, 2.75) is 19.3 Å². The van der Waals surface area contributed by atoms with Gasteiger partial charge in [-0.25, -0.2) is 0 Å². The molecule has 0 aromatic heterocycles. The first-order valence-electron chi connectivity index (χ1n) is 6.37. The minimum atomic E-state index is 0.761. The molecule has 0 fully saturated rings. The van der Waals surface area contributed by atoms with E-state index in [1.807, 2.05) is 30.3 Å².